The number of rotatable bonds is 23. The summed E-state index contributed by atoms with van der Waals surface area (Å²) in [5.74, 6) is 7.93. The first-order valence-corrected chi connectivity index (χ1v) is 34.7. The lowest BCUT2D eigenvalue weighted by atomic mass is 10.1. The summed E-state index contributed by atoms with van der Waals surface area (Å²) in [7, 11) is 9.45. The van der Waals surface area contributed by atoms with E-state index in [0.717, 1.165) is 33.8 Å². The Balaban J connectivity index is 0.000000180. The van der Waals surface area contributed by atoms with E-state index >= 15 is 0 Å². The van der Waals surface area contributed by atoms with Crippen LogP contribution in [0.25, 0.3) is 34.2 Å². The Hall–Kier alpha value is -12.9. The maximum Gasteiger partial charge on any atom is 0.254 e. The highest BCUT2D eigenvalue weighted by Gasteiger charge is 2.23. The molecule has 12 aromatic rings. The lowest BCUT2D eigenvalue weighted by Crippen LogP contribution is -2.19. The van der Waals surface area contributed by atoms with Crippen molar-refractivity contribution in [3.05, 3.63) is 180 Å². The van der Waals surface area contributed by atoms with Crippen LogP contribution in [0.15, 0.2) is 129 Å². The zero-order chi connectivity index (χ0) is 76.0. The molecule has 0 radical (unpaired) electrons. The van der Waals surface area contributed by atoms with Crippen LogP contribution in [0.1, 0.15) is 86.4 Å². The van der Waals surface area contributed by atoms with E-state index < -0.39 is 0 Å². The van der Waals surface area contributed by atoms with E-state index in [0.29, 0.717) is 151 Å². The summed E-state index contributed by atoms with van der Waals surface area (Å²) in [5.41, 5.74) is 9.39. The summed E-state index contributed by atoms with van der Waals surface area (Å²) in [5, 5.41) is 43.0. The smallest absolute Gasteiger partial charge is 0.254 e. The van der Waals surface area contributed by atoms with E-state index in [4.69, 9.17) is 14.2 Å². The molecule has 106 heavy (non-hydrogen) atoms. The third-order valence-corrected chi connectivity index (χ3v) is 15.2. The lowest BCUT2D eigenvalue weighted by molar-refractivity contribution is 0.0955. The number of halogens is 1. The molecule has 0 aliphatic heterocycles. The number of aryl methyl sites for hydroxylation is 8. The molecule has 0 unspecified atom stereocenters. The molecule has 0 aliphatic carbocycles. The predicted molar refractivity (Wildman–Crippen MR) is 415 cm³/mol. The Kier molecular flexibility index (Phi) is 26.8. The second-order valence-corrected chi connectivity index (χ2v) is 24.3. The topological polar surface area (TPSA) is 406 Å². The van der Waals surface area contributed by atoms with Crippen molar-refractivity contribution in [3.63, 3.8) is 0 Å². The fraction of sp³-hybridized carbons (Fsp3) is 0.250. The number of methoxy groups -OCH3 is 3. The average Bonchev–Trinajstić information content (AvgIpc) is 1.40. The summed E-state index contributed by atoms with van der Waals surface area (Å²) >= 11 is 2.29. The molecule has 0 saturated heterocycles. The molecular formula is C72H82IN27O6. The van der Waals surface area contributed by atoms with Gasteiger partial charge in [0.2, 0.25) is 0 Å². The van der Waals surface area contributed by atoms with Gasteiger partial charge in [0.05, 0.1) is 88.8 Å². The number of pyridine rings is 3. The van der Waals surface area contributed by atoms with Gasteiger partial charge in [-0.25, -0.2) is 64.5 Å². The third kappa shape index (κ3) is 19.6. The molecule has 0 saturated carbocycles. The van der Waals surface area contributed by atoms with Crippen LogP contribution in [-0.4, -0.2) is 154 Å². The van der Waals surface area contributed by atoms with Crippen LogP contribution in [-0.2, 0) is 13.1 Å². The molecular weight excluding hydrogens is 1470 g/mol. The Morgan fingerprint density at radius 1 is 0.453 bits per heavy atom. The number of ether oxygens (including phenoxy) is 3. The van der Waals surface area contributed by atoms with Gasteiger partial charge in [-0.3, -0.25) is 24.2 Å². The van der Waals surface area contributed by atoms with Gasteiger partial charge in [0, 0.05) is 106 Å². The quantitative estimate of drug-likeness (QED) is 0.0210. The molecule has 0 spiro atoms. The van der Waals surface area contributed by atoms with Gasteiger partial charge in [-0.05, 0) is 96.2 Å². The SMILES string of the molecule is CCI.CCn1cnc(-c2cccc(Nc3cc(Nc4cc(C)nc(C)n4)ncc3C(=O)NC)c2OC)n1.CCn1ncnc1-c1cccc(Nc2cc(Nc3cc(C)nc(C)n3)ncc2C(=O)NC)c1OC.CNC(=O)c1cnc(Nc2cc(C)nc(C)n2)cc1Nc1cccc(-c2ncn[nH]2)c1OC. The van der Waals surface area contributed by atoms with Gasteiger partial charge in [0.1, 0.15) is 71.4 Å². The van der Waals surface area contributed by atoms with Crippen molar-refractivity contribution >= 4 is 109 Å². The van der Waals surface area contributed by atoms with E-state index in [2.05, 4.69) is 158 Å². The highest BCUT2D eigenvalue weighted by molar-refractivity contribution is 14.1. The van der Waals surface area contributed by atoms with Crippen molar-refractivity contribution in [3.8, 4) is 51.4 Å². The zero-order valence-electron chi connectivity index (χ0n) is 61.2. The second kappa shape index (κ2) is 36.8. The first kappa shape index (κ1) is 77.3. The molecule has 0 fully saturated rings. The molecule has 548 valence electrons. The molecule has 33 nitrogen and oxygen atoms in total. The van der Waals surface area contributed by atoms with Crippen LogP contribution in [0.2, 0.25) is 0 Å². The number of alkyl halides is 1. The first-order valence-electron chi connectivity index (χ1n) is 33.2. The van der Waals surface area contributed by atoms with Crippen LogP contribution >= 0.6 is 22.6 Å². The molecule has 3 amide bonds. The number of nitrogens with one attached hydrogen (secondary N) is 10. The van der Waals surface area contributed by atoms with Crippen LogP contribution < -0.4 is 62.1 Å². The maximum absolute atomic E-state index is 12.6. The van der Waals surface area contributed by atoms with E-state index in [9.17, 15) is 14.4 Å². The average molecular weight is 1550 g/mol. The largest absolute Gasteiger partial charge is 0.494 e. The molecule has 10 N–H and O–H groups in total. The third-order valence-electron chi connectivity index (χ3n) is 15.2. The van der Waals surface area contributed by atoms with E-state index in [1.54, 1.807) is 76.4 Å². The minimum Gasteiger partial charge on any atom is -0.494 e. The van der Waals surface area contributed by atoms with E-state index in [-0.39, 0.29) is 17.7 Å². The fourth-order valence-electron chi connectivity index (χ4n) is 10.7. The number of aromatic amines is 1. The van der Waals surface area contributed by atoms with Gasteiger partial charge in [-0.2, -0.15) is 15.3 Å². The summed E-state index contributed by atoms with van der Waals surface area (Å²) in [6.45, 7) is 18.6. The monoisotopic (exact) mass is 1550 g/mol. The normalized spacial score (nSPS) is 10.5. The van der Waals surface area contributed by atoms with Gasteiger partial charge in [-0.15, -0.1) is 0 Å². The van der Waals surface area contributed by atoms with Crippen molar-refractivity contribution in [1.82, 2.24) is 106 Å². The number of carbonyl (C=O) groups excluding carboxylic acids is 3. The standard InChI is InChI=1S/2C24H27N9O2.C22H23N9O2.C2H5I/c1-6-33-13-27-23(32-33)16-8-7-9-18(22(16)35-5)30-19-11-20(26-12-17(19)24(34)25-4)31-21-10-14(2)28-15(3)29-21;1-6-33-23(27-13-28-33)16-8-7-9-18(22(16)35-5)31-19-11-20(26-12-17(19)24(34)25-4)32-21-10-14(2)29-15(3)30-21;1-12-8-19(28-13(2)27-12)30-18-9-17(15(10-24-18)22(32)23-3)29-16-7-5-6-14(20(16)33-4)21-25-11-26-31-21;1-2-3/h7-13H,6H2,1-5H3,(H,25,34)(H2,26,28,29,30,31);7-13H,6H2,1-5H3,(H,25,34)(H2,26,29,30,31,32);5-11H,1-4H3,(H,23,32)(H,25,26,31)(H2,24,27,28,29,30);2H2,1H3. The Bertz CT molecular complexity index is 4970. The molecule has 12 rings (SSSR count). The maximum atomic E-state index is 12.6. The molecule has 0 bridgehead atoms. The van der Waals surface area contributed by atoms with Crippen molar-refractivity contribution in [2.75, 3.05) is 78.8 Å². The summed E-state index contributed by atoms with van der Waals surface area (Å²) < 4.78 is 21.9. The van der Waals surface area contributed by atoms with E-state index in [1.165, 1.54) is 35.7 Å². The number of amides is 3. The van der Waals surface area contributed by atoms with Crippen molar-refractivity contribution < 1.29 is 28.6 Å². The molecule has 3 aromatic carbocycles. The Morgan fingerprint density at radius 2 is 0.849 bits per heavy atom. The zero-order valence-corrected chi connectivity index (χ0v) is 63.3. The lowest BCUT2D eigenvalue weighted by Gasteiger charge is -2.17. The minimum atomic E-state index is -0.282. The van der Waals surface area contributed by atoms with Crippen LogP contribution in [0.3, 0.4) is 0 Å². The molecule has 0 aliphatic rings. The summed E-state index contributed by atoms with van der Waals surface area (Å²) in [6.07, 6.45) is 9.13. The second-order valence-electron chi connectivity index (χ2n) is 22.7. The number of H-pyrrole nitrogens is 1. The van der Waals surface area contributed by atoms with E-state index in [1.807, 2.05) is 128 Å². The van der Waals surface area contributed by atoms with Gasteiger partial charge >= 0.3 is 0 Å². The van der Waals surface area contributed by atoms with Gasteiger partial charge in [0.25, 0.3) is 17.7 Å². The first-order chi connectivity index (χ1) is 51.2. The number of aromatic nitrogens is 18. The number of carbonyl (C=O) groups is 3. The molecule has 9 heterocycles. The Labute approximate surface area is 625 Å². The summed E-state index contributed by atoms with van der Waals surface area (Å²) in [4.78, 5) is 89.9. The van der Waals surface area contributed by atoms with Crippen molar-refractivity contribution in [1.29, 1.82) is 0 Å². The van der Waals surface area contributed by atoms with Crippen LogP contribution in [0.4, 0.5) is 69.0 Å². The van der Waals surface area contributed by atoms with Crippen molar-refractivity contribution in [2.45, 2.75) is 75.4 Å². The number of hydrogen-bond donors (Lipinski definition) is 10. The Morgan fingerprint density at radius 3 is 1.21 bits per heavy atom. The molecule has 9 aromatic heterocycles. The fourth-order valence-corrected chi connectivity index (χ4v) is 10.7. The number of para-hydroxylation sites is 3. The highest BCUT2D eigenvalue weighted by Crippen LogP contribution is 2.41. The van der Waals surface area contributed by atoms with Crippen LogP contribution in [0, 0.1) is 41.5 Å². The number of benzene rings is 3. The summed E-state index contributed by atoms with van der Waals surface area (Å²) in [6, 6.07) is 27.5. The van der Waals surface area contributed by atoms with Crippen LogP contribution in [0.5, 0.6) is 17.2 Å². The number of nitrogens with zero attached hydrogens (tertiary/aromatic N) is 17. The number of anilines is 12. The molecule has 34 heteroatoms. The minimum absolute atomic E-state index is 0.277. The predicted octanol–water partition coefficient (Wildman–Crippen LogP) is 11.8. The number of hydrogen-bond acceptors (Lipinski definition) is 27. The van der Waals surface area contributed by atoms with Gasteiger partial charge in [0.15, 0.2) is 34.7 Å². The molecule has 0 atom stereocenters. The van der Waals surface area contributed by atoms with Gasteiger partial charge in [-0.1, -0.05) is 47.7 Å². The van der Waals surface area contributed by atoms with Gasteiger partial charge < -0.3 is 62.1 Å². The van der Waals surface area contributed by atoms with Crippen molar-refractivity contribution in [2.24, 2.45) is 0 Å². The highest BCUT2D eigenvalue weighted by atomic mass is 127.